The maximum atomic E-state index is 12.6. The van der Waals surface area contributed by atoms with Crippen LogP contribution in [0.25, 0.3) is 0 Å². The Hall–Kier alpha value is -2.85. The van der Waals surface area contributed by atoms with Gasteiger partial charge < -0.3 is 20.5 Å². The average molecular weight is 491 g/mol. The van der Waals surface area contributed by atoms with Gasteiger partial charge in [0, 0.05) is 9.77 Å². The molecule has 0 saturated heterocycles. The van der Waals surface area contributed by atoms with Gasteiger partial charge in [-0.25, -0.2) is 9.59 Å². The van der Waals surface area contributed by atoms with Gasteiger partial charge in [0.05, 0.1) is 23.5 Å². The number of amides is 2. The van der Waals surface area contributed by atoms with Gasteiger partial charge in [-0.2, -0.15) is 0 Å². The number of carbonyl (C=O) groups is 4. The normalized spacial score (nSPS) is 14.8. The van der Waals surface area contributed by atoms with Crippen molar-refractivity contribution >= 4 is 51.9 Å². The zero-order chi connectivity index (χ0) is 24.0. The van der Waals surface area contributed by atoms with Crippen LogP contribution in [-0.4, -0.2) is 42.7 Å². The van der Waals surface area contributed by atoms with Gasteiger partial charge in [0.2, 0.25) is 5.91 Å². The second-order valence-corrected chi connectivity index (χ2v) is 9.77. The Morgan fingerprint density at radius 2 is 1.94 bits per heavy atom. The van der Waals surface area contributed by atoms with Crippen molar-refractivity contribution in [2.24, 2.45) is 11.7 Å². The average Bonchev–Trinajstić information content (AvgIpc) is 3.13. The molecule has 0 saturated carbocycles. The molecule has 10 heteroatoms. The number of primary amides is 1. The Morgan fingerprint density at radius 3 is 2.67 bits per heavy atom. The van der Waals surface area contributed by atoms with E-state index in [-0.39, 0.29) is 17.9 Å². The molecule has 2 amide bonds. The van der Waals surface area contributed by atoms with Crippen molar-refractivity contribution in [2.75, 3.05) is 24.3 Å². The van der Waals surface area contributed by atoms with E-state index in [1.165, 1.54) is 11.3 Å². The molecule has 0 spiro atoms. The summed E-state index contributed by atoms with van der Waals surface area (Å²) in [6, 6.07) is 6.61. The van der Waals surface area contributed by atoms with E-state index in [1.807, 2.05) is 0 Å². The minimum atomic E-state index is -0.692. The lowest BCUT2D eigenvalue weighted by atomic mass is 9.88. The van der Waals surface area contributed by atoms with Crippen LogP contribution in [0.4, 0.5) is 5.00 Å². The molecule has 0 radical (unpaired) electrons. The van der Waals surface area contributed by atoms with Crippen LogP contribution in [0.5, 0.6) is 0 Å². The number of ether oxygens (including phenoxy) is 2. The topological polar surface area (TPSA) is 125 Å². The van der Waals surface area contributed by atoms with Gasteiger partial charge in [0.1, 0.15) is 5.00 Å². The van der Waals surface area contributed by atoms with Gasteiger partial charge in [-0.05, 0) is 49.8 Å². The lowest BCUT2D eigenvalue weighted by molar-refractivity contribution is -0.119. The van der Waals surface area contributed by atoms with E-state index in [9.17, 15) is 19.2 Å². The van der Waals surface area contributed by atoms with Gasteiger partial charge in [-0.1, -0.05) is 19.1 Å². The number of thiophene rings is 1. The predicted octanol–water partition coefficient (Wildman–Crippen LogP) is 3.42. The summed E-state index contributed by atoms with van der Waals surface area (Å²) in [7, 11) is 0. The van der Waals surface area contributed by atoms with Crippen molar-refractivity contribution in [2.45, 2.75) is 38.0 Å². The molecule has 1 atom stereocenters. The number of nitrogens with two attached hydrogens (primary N) is 1. The standard InChI is InChI=1S/C23H26N2O6S2/c1-3-30-23(29)20-14-9-8-13(2)10-17(14)33-21(20)25-19(27)11-31-22(28)15-6-4-5-7-16(15)32-12-18(24)26/h4-7,13H,3,8-12H2,1-2H3,(H2,24,26)(H,25,27). The lowest BCUT2D eigenvalue weighted by Crippen LogP contribution is -2.22. The van der Waals surface area contributed by atoms with Crippen LogP contribution in [-0.2, 0) is 31.9 Å². The van der Waals surface area contributed by atoms with Crippen molar-refractivity contribution in [3.05, 3.63) is 45.8 Å². The van der Waals surface area contributed by atoms with E-state index in [4.69, 9.17) is 15.2 Å². The van der Waals surface area contributed by atoms with Gasteiger partial charge >= 0.3 is 11.9 Å². The molecule has 3 N–H and O–H groups in total. The van der Waals surface area contributed by atoms with E-state index in [0.29, 0.717) is 21.4 Å². The molecule has 1 unspecified atom stereocenters. The van der Waals surface area contributed by atoms with E-state index >= 15 is 0 Å². The second-order valence-electron chi connectivity index (χ2n) is 7.65. The molecule has 1 aromatic carbocycles. The fraction of sp³-hybridized carbons (Fsp3) is 0.391. The van der Waals surface area contributed by atoms with Crippen molar-refractivity contribution in [1.82, 2.24) is 0 Å². The highest BCUT2D eigenvalue weighted by molar-refractivity contribution is 8.00. The van der Waals surface area contributed by atoms with E-state index in [0.717, 1.165) is 41.5 Å². The van der Waals surface area contributed by atoms with E-state index in [1.54, 1.807) is 31.2 Å². The van der Waals surface area contributed by atoms with E-state index in [2.05, 4.69) is 12.2 Å². The molecule has 3 rings (SSSR count). The summed E-state index contributed by atoms with van der Waals surface area (Å²) in [5.74, 6) is -1.69. The predicted molar refractivity (Wildman–Crippen MR) is 127 cm³/mol. The quantitative estimate of drug-likeness (QED) is 0.407. The van der Waals surface area contributed by atoms with Crippen LogP contribution in [0, 0.1) is 5.92 Å². The molecule has 1 aliphatic rings. The zero-order valence-corrected chi connectivity index (χ0v) is 20.1. The summed E-state index contributed by atoms with van der Waals surface area (Å²) in [6.45, 7) is 3.60. The first-order valence-electron chi connectivity index (χ1n) is 10.6. The molecule has 33 heavy (non-hydrogen) atoms. The molecule has 0 fully saturated rings. The number of hydrogen-bond acceptors (Lipinski definition) is 8. The van der Waals surface area contributed by atoms with Crippen LogP contribution in [0.15, 0.2) is 29.2 Å². The number of nitrogens with one attached hydrogen (secondary N) is 1. The van der Waals surface area contributed by atoms with Crippen LogP contribution < -0.4 is 11.1 Å². The summed E-state index contributed by atoms with van der Waals surface area (Å²) < 4.78 is 10.4. The number of benzene rings is 1. The van der Waals surface area contributed by atoms with Gasteiger partial charge in [-0.15, -0.1) is 23.1 Å². The highest BCUT2D eigenvalue weighted by Crippen LogP contribution is 2.40. The summed E-state index contributed by atoms with van der Waals surface area (Å²) in [5.41, 5.74) is 6.75. The Balaban J connectivity index is 1.69. The first-order chi connectivity index (χ1) is 15.8. The number of rotatable bonds is 9. The number of carbonyl (C=O) groups excluding carboxylic acids is 4. The maximum Gasteiger partial charge on any atom is 0.341 e. The SMILES string of the molecule is CCOC(=O)c1c(NC(=O)COC(=O)c2ccccc2SCC(N)=O)sc2c1CCC(C)C2. The molecule has 176 valence electrons. The zero-order valence-electron chi connectivity index (χ0n) is 18.5. The minimum absolute atomic E-state index is 0.0169. The van der Waals surface area contributed by atoms with Gasteiger partial charge in [0.15, 0.2) is 6.61 Å². The third-order valence-electron chi connectivity index (χ3n) is 5.06. The van der Waals surface area contributed by atoms with Crippen LogP contribution in [0.3, 0.4) is 0 Å². The van der Waals surface area contributed by atoms with Crippen molar-refractivity contribution < 1.29 is 28.7 Å². The summed E-state index contributed by atoms with van der Waals surface area (Å²) >= 11 is 2.49. The van der Waals surface area contributed by atoms with Crippen LogP contribution in [0.2, 0.25) is 0 Å². The molecule has 1 heterocycles. The smallest absolute Gasteiger partial charge is 0.341 e. The largest absolute Gasteiger partial charge is 0.462 e. The molecular formula is C23H26N2O6S2. The summed E-state index contributed by atoms with van der Waals surface area (Å²) in [4.78, 5) is 50.3. The molecule has 0 bridgehead atoms. The third kappa shape index (κ3) is 6.35. The van der Waals surface area contributed by atoms with Crippen molar-refractivity contribution in [3.63, 3.8) is 0 Å². The number of anilines is 1. The second kappa shape index (κ2) is 11.3. The number of esters is 2. The fourth-order valence-electron chi connectivity index (χ4n) is 3.54. The molecule has 8 nitrogen and oxygen atoms in total. The Bertz CT molecular complexity index is 1070. The Kier molecular flexibility index (Phi) is 8.51. The number of fused-ring (bicyclic) bond motifs is 1. The molecule has 0 aliphatic heterocycles. The molecule has 1 aliphatic carbocycles. The van der Waals surface area contributed by atoms with Gasteiger partial charge in [0.25, 0.3) is 5.91 Å². The maximum absolute atomic E-state index is 12.6. The molecule has 2 aromatic rings. The summed E-state index contributed by atoms with van der Waals surface area (Å²) in [5, 5.41) is 3.14. The number of thioether (sulfide) groups is 1. The first kappa shape index (κ1) is 24.8. The van der Waals surface area contributed by atoms with Crippen LogP contribution >= 0.6 is 23.1 Å². The Morgan fingerprint density at radius 1 is 1.18 bits per heavy atom. The lowest BCUT2D eigenvalue weighted by Gasteiger charge is -2.18. The molecule has 1 aromatic heterocycles. The van der Waals surface area contributed by atoms with Crippen molar-refractivity contribution in [3.8, 4) is 0 Å². The highest BCUT2D eigenvalue weighted by atomic mass is 32.2. The van der Waals surface area contributed by atoms with E-state index < -0.39 is 30.4 Å². The monoisotopic (exact) mass is 490 g/mol. The Labute approximate surface area is 200 Å². The van der Waals surface area contributed by atoms with Crippen LogP contribution in [0.1, 0.15) is 51.4 Å². The first-order valence-corrected chi connectivity index (χ1v) is 12.4. The van der Waals surface area contributed by atoms with Crippen molar-refractivity contribution in [1.29, 1.82) is 0 Å². The number of hydrogen-bond donors (Lipinski definition) is 2. The summed E-state index contributed by atoms with van der Waals surface area (Å²) in [6.07, 6.45) is 2.57. The molecular weight excluding hydrogens is 464 g/mol. The minimum Gasteiger partial charge on any atom is -0.462 e. The van der Waals surface area contributed by atoms with Gasteiger partial charge in [-0.3, -0.25) is 9.59 Å². The fourth-order valence-corrected chi connectivity index (χ4v) is 5.73. The highest BCUT2D eigenvalue weighted by Gasteiger charge is 2.29. The third-order valence-corrected chi connectivity index (χ3v) is 7.32.